The predicted octanol–water partition coefficient (Wildman–Crippen LogP) is 3.43. The van der Waals surface area contributed by atoms with Crippen molar-refractivity contribution < 1.29 is 0 Å². The summed E-state index contributed by atoms with van der Waals surface area (Å²) in [5.41, 5.74) is 1.36. The van der Waals surface area contributed by atoms with Crippen LogP contribution in [0.25, 0.3) is 0 Å². The molecule has 0 saturated carbocycles. The highest BCUT2D eigenvalue weighted by atomic mass is 79.9. The molecule has 0 unspecified atom stereocenters. The second-order valence-electron chi connectivity index (χ2n) is 3.86. The van der Waals surface area contributed by atoms with Gasteiger partial charge in [-0.25, -0.2) is 0 Å². The second-order valence-corrected chi connectivity index (χ2v) is 5.94. The Morgan fingerprint density at radius 2 is 2.00 bits per heavy atom. The van der Waals surface area contributed by atoms with Gasteiger partial charge in [-0.1, -0.05) is 34.1 Å². The fourth-order valence-corrected chi connectivity index (χ4v) is 3.33. The largest absolute Gasteiger partial charge is 0.310 e. The number of hydrogen-bond acceptors (Lipinski definition) is 2. The van der Waals surface area contributed by atoms with E-state index in [1.807, 2.05) is 0 Å². The zero-order valence-corrected chi connectivity index (χ0v) is 11.1. The summed E-state index contributed by atoms with van der Waals surface area (Å²) >= 11 is 5.65. The Hall–Kier alpha value is 0.01000. The lowest BCUT2D eigenvalue weighted by Crippen LogP contribution is -2.32. The van der Waals surface area contributed by atoms with Crippen molar-refractivity contribution in [3.05, 3.63) is 34.3 Å². The van der Waals surface area contributed by atoms with Gasteiger partial charge in [0.1, 0.15) is 0 Å². The first-order valence-electron chi connectivity index (χ1n) is 5.41. The van der Waals surface area contributed by atoms with Gasteiger partial charge in [-0.3, -0.25) is 0 Å². The maximum atomic E-state index is 3.64. The Labute approximate surface area is 104 Å². The lowest BCUT2D eigenvalue weighted by molar-refractivity contribution is 0.482. The first kappa shape index (κ1) is 11.5. The summed E-state index contributed by atoms with van der Waals surface area (Å²) in [4.78, 5) is 0. The third-order valence-electron chi connectivity index (χ3n) is 2.76. The first-order valence-corrected chi connectivity index (χ1v) is 7.35. The van der Waals surface area contributed by atoms with Crippen LogP contribution in [0.1, 0.15) is 18.4 Å². The van der Waals surface area contributed by atoms with Crippen LogP contribution in [0, 0.1) is 0 Å². The predicted molar refractivity (Wildman–Crippen MR) is 71.3 cm³/mol. The molecule has 1 aromatic rings. The van der Waals surface area contributed by atoms with Crippen LogP contribution in [0.4, 0.5) is 0 Å². The van der Waals surface area contributed by atoms with Crippen molar-refractivity contribution >= 4 is 27.7 Å². The van der Waals surface area contributed by atoms with Gasteiger partial charge >= 0.3 is 0 Å². The lowest BCUT2D eigenvalue weighted by Gasteiger charge is -2.22. The Morgan fingerprint density at radius 1 is 1.27 bits per heavy atom. The van der Waals surface area contributed by atoms with Crippen LogP contribution in [-0.4, -0.2) is 17.5 Å². The lowest BCUT2D eigenvalue weighted by atomic mass is 10.1. The molecular formula is C12H16BrNS. The smallest absolute Gasteiger partial charge is 0.0220 e. The van der Waals surface area contributed by atoms with Crippen molar-refractivity contribution in [2.45, 2.75) is 25.4 Å². The minimum atomic E-state index is 0.721. The zero-order chi connectivity index (χ0) is 10.5. The Morgan fingerprint density at radius 3 is 2.73 bits per heavy atom. The van der Waals surface area contributed by atoms with Crippen molar-refractivity contribution in [2.24, 2.45) is 0 Å². The monoisotopic (exact) mass is 285 g/mol. The van der Waals surface area contributed by atoms with Crippen LogP contribution in [0.3, 0.4) is 0 Å². The van der Waals surface area contributed by atoms with Gasteiger partial charge in [0.15, 0.2) is 0 Å². The molecule has 82 valence electrons. The third-order valence-corrected chi connectivity index (χ3v) is 4.58. The first-order chi connectivity index (χ1) is 7.36. The van der Waals surface area contributed by atoms with E-state index in [1.54, 1.807) is 0 Å². The Kier molecular flexibility index (Phi) is 4.54. The van der Waals surface area contributed by atoms with E-state index in [0.29, 0.717) is 0 Å². The average Bonchev–Trinajstić information content (AvgIpc) is 2.29. The van der Waals surface area contributed by atoms with Gasteiger partial charge in [0, 0.05) is 17.1 Å². The van der Waals surface area contributed by atoms with Crippen molar-refractivity contribution in [1.29, 1.82) is 0 Å². The Bertz CT molecular complexity index is 310. The second kappa shape index (κ2) is 5.92. The summed E-state index contributed by atoms with van der Waals surface area (Å²) in [6, 6.07) is 9.16. The van der Waals surface area contributed by atoms with Crippen molar-refractivity contribution in [3.8, 4) is 0 Å². The highest BCUT2D eigenvalue weighted by molar-refractivity contribution is 9.10. The quantitative estimate of drug-likeness (QED) is 0.913. The molecule has 0 atom stereocenters. The molecule has 1 fully saturated rings. The molecule has 1 aromatic carbocycles. The standard InChI is InChI=1S/C12H16BrNS/c13-12-4-2-1-3-10(12)9-14-11-5-7-15-8-6-11/h1-4,11,14H,5-9H2. The summed E-state index contributed by atoms with van der Waals surface area (Å²) in [6.45, 7) is 0.983. The molecule has 0 radical (unpaired) electrons. The van der Waals surface area contributed by atoms with E-state index in [1.165, 1.54) is 34.4 Å². The van der Waals surface area contributed by atoms with Gasteiger partial charge in [-0.2, -0.15) is 11.8 Å². The number of halogens is 1. The van der Waals surface area contributed by atoms with E-state index in [0.717, 1.165) is 12.6 Å². The molecule has 1 aliphatic heterocycles. The van der Waals surface area contributed by atoms with E-state index in [-0.39, 0.29) is 0 Å². The molecule has 1 nitrogen and oxygen atoms in total. The van der Waals surface area contributed by atoms with Gasteiger partial charge in [-0.15, -0.1) is 0 Å². The highest BCUT2D eigenvalue weighted by Crippen LogP contribution is 2.19. The average molecular weight is 286 g/mol. The van der Waals surface area contributed by atoms with E-state index >= 15 is 0 Å². The molecule has 0 aromatic heterocycles. The number of nitrogens with one attached hydrogen (secondary N) is 1. The summed E-state index contributed by atoms with van der Waals surface area (Å²) in [5, 5.41) is 3.64. The normalized spacial score (nSPS) is 17.9. The minimum absolute atomic E-state index is 0.721. The van der Waals surface area contributed by atoms with Crippen LogP contribution >= 0.6 is 27.7 Å². The van der Waals surface area contributed by atoms with E-state index in [2.05, 4.69) is 57.3 Å². The van der Waals surface area contributed by atoms with Crippen LogP contribution in [-0.2, 0) is 6.54 Å². The third kappa shape index (κ3) is 3.51. The molecule has 0 spiro atoms. The summed E-state index contributed by atoms with van der Waals surface area (Å²) < 4.78 is 1.21. The SMILES string of the molecule is Brc1ccccc1CNC1CCSCC1. The van der Waals surface area contributed by atoms with Crippen LogP contribution < -0.4 is 5.32 Å². The molecular weight excluding hydrogens is 270 g/mol. The molecule has 1 heterocycles. The molecule has 1 aliphatic rings. The number of rotatable bonds is 3. The van der Waals surface area contributed by atoms with Crippen LogP contribution in [0.5, 0.6) is 0 Å². The van der Waals surface area contributed by atoms with Crippen molar-refractivity contribution in [3.63, 3.8) is 0 Å². The van der Waals surface area contributed by atoms with Gasteiger partial charge in [-0.05, 0) is 36.0 Å². The Balaban J connectivity index is 1.84. The molecule has 2 rings (SSSR count). The van der Waals surface area contributed by atoms with Crippen LogP contribution in [0.2, 0.25) is 0 Å². The minimum Gasteiger partial charge on any atom is -0.310 e. The summed E-state index contributed by atoms with van der Waals surface area (Å²) in [7, 11) is 0. The summed E-state index contributed by atoms with van der Waals surface area (Å²) in [6.07, 6.45) is 2.63. The summed E-state index contributed by atoms with van der Waals surface area (Å²) in [5.74, 6) is 2.63. The topological polar surface area (TPSA) is 12.0 Å². The molecule has 0 aliphatic carbocycles. The molecule has 3 heteroatoms. The van der Waals surface area contributed by atoms with Gasteiger partial charge in [0.2, 0.25) is 0 Å². The van der Waals surface area contributed by atoms with Crippen molar-refractivity contribution in [2.75, 3.05) is 11.5 Å². The molecule has 15 heavy (non-hydrogen) atoms. The van der Waals surface area contributed by atoms with E-state index < -0.39 is 0 Å². The molecule has 1 N–H and O–H groups in total. The van der Waals surface area contributed by atoms with Gasteiger partial charge in [0.05, 0.1) is 0 Å². The van der Waals surface area contributed by atoms with E-state index in [4.69, 9.17) is 0 Å². The highest BCUT2D eigenvalue weighted by Gasteiger charge is 2.12. The number of benzene rings is 1. The molecule has 0 bridgehead atoms. The van der Waals surface area contributed by atoms with Crippen LogP contribution in [0.15, 0.2) is 28.7 Å². The number of thioether (sulfide) groups is 1. The maximum absolute atomic E-state index is 3.64. The maximum Gasteiger partial charge on any atom is 0.0220 e. The fraction of sp³-hybridized carbons (Fsp3) is 0.500. The van der Waals surface area contributed by atoms with Gasteiger partial charge in [0.25, 0.3) is 0 Å². The van der Waals surface area contributed by atoms with E-state index in [9.17, 15) is 0 Å². The van der Waals surface area contributed by atoms with Crippen molar-refractivity contribution in [1.82, 2.24) is 5.32 Å². The molecule has 0 amide bonds. The number of hydrogen-bond donors (Lipinski definition) is 1. The molecule has 1 saturated heterocycles. The fourth-order valence-electron chi connectivity index (χ4n) is 1.80. The van der Waals surface area contributed by atoms with Gasteiger partial charge < -0.3 is 5.32 Å². The zero-order valence-electron chi connectivity index (χ0n) is 8.71.